The molecule has 0 bridgehead atoms. The molecule has 0 N–H and O–H groups in total. The van der Waals surface area contributed by atoms with Gasteiger partial charge < -0.3 is 0 Å². The van der Waals surface area contributed by atoms with E-state index in [0.717, 1.165) is 12.8 Å². The number of rotatable bonds is 10. The van der Waals surface area contributed by atoms with E-state index >= 15 is 0 Å². The van der Waals surface area contributed by atoms with E-state index in [-0.39, 0.29) is 24.8 Å². The summed E-state index contributed by atoms with van der Waals surface area (Å²) in [5, 5.41) is 10.4. The number of halogens is 2. The van der Waals surface area contributed by atoms with Crippen molar-refractivity contribution < 1.29 is 17.4 Å². The van der Waals surface area contributed by atoms with E-state index in [1.807, 2.05) is 0 Å². The second-order valence-corrected chi connectivity index (χ2v) is 52.3. The van der Waals surface area contributed by atoms with Crippen LogP contribution in [0.5, 0.6) is 0 Å². The summed E-state index contributed by atoms with van der Waals surface area (Å²) in [6, 6.07) is 73.9. The SMILES string of the molecule is CCC(C)C1=Cc2c(-c3cccc4ccccc34)ccc(-c3cccc4ccccc34)c2[CH]1[Zr]([CH3])([CH3])(=[SiH2])[CH]1C(C(C)CC)=Cc2c(-c3cccc4ccccc34)ccc(-c3cccc4ccccc34)c21.Cl.Cl. The normalized spacial score (nSPS) is 16.2. The Morgan fingerprint density at radius 2 is 0.625 bits per heavy atom. The van der Waals surface area contributed by atoms with Gasteiger partial charge in [0.25, 0.3) is 0 Å². The largest absolute Gasteiger partial charge is 0.147 e. The Bertz CT molecular complexity index is 3640. The van der Waals surface area contributed by atoms with Crippen molar-refractivity contribution in [3.63, 3.8) is 0 Å². The molecule has 358 valence electrons. The van der Waals surface area contributed by atoms with Crippen molar-refractivity contribution in [1.82, 2.24) is 0 Å². The summed E-state index contributed by atoms with van der Waals surface area (Å²) in [6.45, 7) is 12.4. The van der Waals surface area contributed by atoms with E-state index in [9.17, 15) is 0 Å². The van der Waals surface area contributed by atoms with Crippen LogP contribution in [0.4, 0.5) is 0 Å². The third-order valence-electron chi connectivity index (χ3n) is 17.0. The van der Waals surface area contributed by atoms with Crippen LogP contribution in [0.1, 0.15) is 70.0 Å². The van der Waals surface area contributed by atoms with Gasteiger partial charge in [-0.25, -0.2) is 0 Å². The van der Waals surface area contributed by atoms with Crippen molar-refractivity contribution in [2.45, 2.75) is 57.1 Å². The van der Waals surface area contributed by atoms with E-state index in [1.165, 1.54) is 98.7 Å². The first-order chi connectivity index (χ1) is 34.0. The topological polar surface area (TPSA) is 0 Å². The zero-order valence-corrected chi connectivity index (χ0v) is 47.9. The van der Waals surface area contributed by atoms with Gasteiger partial charge >= 0.3 is 420 Å². The molecule has 0 nitrogen and oxygen atoms in total. The van der Waals surface area contributed by atoms with Crippen molar-refractivity contribution in [2.75, 3.05) is 0 Å². The summed E-state index contributed by atoms with van der Waals surface area (Å²) in [6.07, 6.45) is 7.66. The number of allylic oxidation sites excluding steroid dienone is 2. The Labute approximate surface area is 441 Å². The molecule has 0 aromatic heterocycles. The Morgan fingerprint density at radius 1 is 0.361 bits per heavy atom. The fourth-order valence-corrected chi connectivity index (χ4v) is 32.8. The third-order valence-corrected chi connectivity index (χ3v) is 34.2. The van der Waals surface area contributed by atoms with Crippen molar-refractivity contribution in [1.29, 1.82) is 0 Å². The van der Waals surface area contributed by atoms with Crippen LogP contribution in [0.2, 0.25) is 9.26 Å². The van der Waals surface area contributed by atoms with E-state index in [1.54, 1.807) is 22.3 Å². The average Bonchev–Trinajstić information content (AvgIpc) is 4.03. The van der Waals surface area contributed by atoms with Crippen LogP contribution in [0.25, 0.3) is 99.7 Å². The van der Waals surface area contributed by atoms with Crippen LogP contribution >= 0.6 is 24.8 Å². The van der Waals surface area contributed by atoms with Crippen molar-refractivity contribution in [3.05, 3.63) is 228 Å². The molecule has 0 heterocycles. The molecule has 4 atom stereocenters. The molecule has 2 aliphatic rings. The smallest absolute Gasteiger partial charge is 0.147 e. The first kappa shape index (κ1) is 50.0. The predicted molar refractivity (Wildman–Crippen MR) is 320 cm³/mol. The number of hydrogen-bond acceptors (Lipinski definition) is 0. The number of benzene rings is 10. The Morgan fingerprint density at radius 3 is 0.931 bits per heavy atom. The second-order valence-electron chi connectivity index (χ2n) is 21.8. The van der Waals surface area contributed by atoms with E-state index in [2.05, 4.69) is 250 Å². The fraction of sp³-hybridized carbons (Fsp3) is 0.176. The van der Waals surface area contributed by atoms with E-state index in [4.69, 9.17) is 0 Å². The third kappa shape index (κ3) is 7.95. The summed E-state index contributed by atoms with van der Waals surface area (Å²) < 4.78 is 6.36. The minimum Gasteiger partial charge on any atom is -0.147 e. The van der Waals surface area contributed by atoms with Gasteiger partial charge in [-0.15, -0.1) is 24.8 Å². The molecule has 0 spiro atoms. The number of fused-ring (bicyclic) bond motifs is 6. The minimum absolute atomic E-state index is 0. The second kappa shape index (κ2) is 19.3. The molecule has 4 heteroatoms. The molecule has 2 aliphatic carbocycles. The zero-order chi connectivity index (χ0) is 47.9. The Balaban J connectivity index is 0.00000298. The summed E-state index contributed by atoms with van der Waals surface area (Å²) in [5.74, 6) is 0.819. The maximum atomic E-state index is 2.89. The monoisotopic (exact) mass is 1070 g/mol. The molecule has 12 rings (SSSR count). The Hall–Kier alpha value is -5.60. The van der Waals surface area contributed by atoms with Gasteiger partial charge in [-0.05, 0) is 0 Å². The molecule has 72 heavy (non-hydrogen) atoms. The van der Waals surface area contributed by atoms with Crippen LogP contribution in [0.15, 0.2) is 205 Å². The van der Waals surface area contributed by atoms with Gasteiger partial charge in [0.15, 0.2) is 0 Å². The zero-order valence-electron chi connectivity index (χ0n) is 42.4. The van der Waals surface area contributed by atoms with Crippen LogP contribution in [-0.2, 0) is 17.4 Å². The van der Waals surface area contributed by atoms with Gasteiger partial charge in [0, 0.05) is 0 Å². The van der Waals surface area contributed by atoms with Crippen molar-refractivity contribution in [2.24, 2.45) is 11.8 Å². The van der Waals surface area contributed by atoms with Crippen LogP contribution in [0, 0.1) is 11.8 Å². The van der Waals surface area contributed by atoms with Crippen molar-refractivity contribution in [3.8, 4) is 44.5 Å². The van der Waals surface area contributed by atoms with E-state index in [0.29, 0.717) is 19.1 Å². The van der Waals surface area contributed by atoms with Crippen LogP contribution in [-0.4, -0.2) is 6.88 Å². The Kier molecular flexibility index (Phi) is 13.4. The molecule has 0 saturated carbocycles. The molecule has 10 aromatic rings. The average molecular weight is 1070 g/mol. The molecule has 0 radical (unpaired) electrons. The van der Waals surface area contributed by atoms with Crippen LogP contribution in [0.3, 0.4) is 0 Å². The van der Waals surface area contributed by atoms with Gasteiger partial charge in [-0.3, -0.25) is 0 Å². The molecule has 10 aromatic carbocycles. The number of hydrogen-bond donors (Lipinski definition) is 0. The van der Waals surface area contributed by atoms with E-state index < -0.39 is 17.4 Å². The molecule has 4 unspecified atom stereocenters. The van der Waals surface area contributed by atoms with Crippen LogP contribution < -0.4 is 0 Å². The molecular formula is C68H64Cl2SiZr. The molecule has 0 fully saturated rings. The maximum absolute atomic E-state index is 4.48. The minimum atomic E-state index is -4.48. The van der Waals surface area contributed by atoms with Gasteiger partial charge in [-0.2, -0.15) is 0 Å². The summed E-state index contributed by atoms with van der Waals surface area (Å²) in [4.78, 5) is 0. The molecule has 0 amide bonds. The summed E-state index contributed by atoms with van der Waals surface area (Å²) >= 11 is -4.48. The molecule has 0 saturated heterocycles. The van der Waals surface area contributed by atoms with Crippen molar-refractivity contribution >= 4 is 86.9 Å². The first-order valence-corrected chi connectivity index (χ1v) is 39.5. The quantitative estimate of drug-likeness (QED) is 0.120. The van der Waals surface area contributed by atoms with Gasteiger partial charge in [-0.1, -0.05) is 0 Å². The predicted octanol–water partition coefficient (Wildman–Crippen LogP) is 19.8. The summed E-state index contributed by atoms with van der Waals surface area (Å²) in [7, 11) is 0. The molecule has 0 aliphatic heterocycles. The summed E-state index contributed by atoms with van der Waals surface area (Å²) in [5.41, 5.74) is 20.1. The fourth-order valence-electron chi connectivity index (χ4n) is 13.4. The van der Waals surface area contributed by atoms with Gasteiger partial charge in [0.1, 0.15) is 0 Å². The van der Waals surface area contributed by atoms with Gasteiger partial charge in [0.05, 0.1) is 0 Å². The molecular weight excluding hydrogens is 1010 g/mol. The van der Waals surface area contributed by atoms with Gasteiger partial charge in [0.2, 0.25) is 0 Å². The first-order valence-electron chi connectivity index (χ1n) is 25.8. The standard InChI is InChI=1S/2C33H27.2CH3.2ClH.H2Si.Zr/c2*1-3-22(2)25-20-32-30(28-16-8-12-23-10-4-6-14-26(23)28)18-19-31(33(32)21-25)29-17-9-13-24-11-5-7-15-27(24)29;;;;;;/h2*4-22H,3H2,1-2H3;2*1H3;2*1H;1H2;. The maximum Gasteiger partial charge on any atom is -0.147 e.